The predicted molar refractivity (Wildman–Crippen MR) is 86.2 cm³/mol. The fourth-order valence-electron chi connectivity index (χ4n) is 2.49. The fourth-order valence-corrected chi connectivity index (χ4v) is 2.49. The number of nitrogens with two attached hydrogens (primary N) is 1. The molecule has 2 heterocycles. The van der Waals surface area contributed by atoms with Crippen molar-refractivity contribution in [3.8, 4) is 5.75 Å². The second-order valence-corrected chi connectivity index (χ2v) is 4.97. The summed E-state index contributed by atoms with van der Waals surface area (Å²) >= 11 is 0. The van der Waals surface area contributed by atoms with Crippen LogP contribution in [0.15, 0.2) is 30.4 Å². The number of nitrogens with one attached hydrogen (secondary N) is 2. The Labute approximate surface area is 133 Å². The third-order valence-corrected chi connectivity index (χ3v) is 3.46. The zero-order valence-corrected chi connectivity index (χ0v) is 12.8. The van der Waals surface area contributed by atoms with Crippen molar-refractivity contribution >= 4 is 22.8 Å². The molecule has 0 unspecified atom stereocenters. The van der Waals surface area contributed by atoms with Crippen LogP contribution in [0.3, 0.4) is 0 Å². The van der Waals surface area contributed by atoms with E-state index in [0.717, 1.165) is 36.9 Å². The summed E-state index contributed by atoms with van der Waals surface area (Å²) in [5, 5.41) is 12.5. The highest BCUT2D eigenvalue weighted by Crippen LogP contribution is 2.30. The summed E-state index contributed by atoms with van der Waals surface area (Å²) in [6, 6.07) is 6.22. The fraction of sp³-hybridized carbons (Fsp3) is 0.250. The van der Waals surface area contributed by atoms with Crippen molar-refractivity contribution in [3.63, 3.8) is 0 Å². The summed E-state index contributed by atoms with van der Waals surface area (Å²) in [5.41, 5.74) is 8.44. The molecule has 1 aromatic carbocycles. The van der Waals surface area contributed by atoms with Crippen LogP contribution >= 0.6 is 0 Å². The molecule has 1 aromatic heterocycles. The van der Waals surface area contributed by atoms with E-state index in [0.29, 0.717) is 6.08 Å². The average Bonchev–Trinajstić information content (AvgIpc) is 2.92. The van der Waals surface area contributed by atoms with Crippen LogP contribution in [0.5, 0.6) is 5.75 Å². The lowest BCUT2D eigenvalue weighted by Gasteiger charge is -2.12. The van der Waals surface area contributed by atoms with Crippen molar-refractivity contribution in [1.82, 2.24) is 10.3 Å². The van der Waals surface area contributed by atoms with E-state index in [1.165, 1.54) is 16.6 Å². The highest BCUT2D eigenvalue weighted by atomic mass is 16.5. The number of benzene rings is 1. The van der Waals surface area contributed by atoms with Gasteiger partial charge in [-0.05, 0) is 24.6 Å². The minimum absolute atomic E-state index is 0.683. The number of aromatic amines is 1. The van der Waals surface area contributed by atoms with Gasteiger partial charge in [-0.2, -0.15) is 0 Å². The van der Waals surface area contributed by atoms with Gasteiger partial charge in [-0.25, -0.2) is 4.79 Å². The third kappa shape index (κ3) is 4.10. The van der Waals surface area contributed by atoms with Crippen LogP contribution in [0.4, 0.5) is 0 Å². The van der Waals surface area contributed by atoms with Crippen LogP contribution in [-0.4, -0.2) is 35.6 Å². The number of ether oxygens (including phenoxy) is 1. The number of hydrogen-bond donors (Lipinski definition) is 4. The molecule has 2 aromatic rings. The first-order chi connectivity index (χ1) is 11.0. The molecule has 0 saturated heterocycles. The molecule has 0 radical (unpaired) electrons. The minimum Gasteiger partial charge on any atom is -0.495 e. The van der Waals surface area contributed by atoms with Crippen LogP contribution in [0.25, 0.3) is 10.9 Å². The van der Waals surface area contributed by atoms with E-state index in [1.807, 2.05) is 6.07 Å². The molecule has 0 saturated carbocycles. The minimum atomic E-state index is -1.18. The van der Waals surface area contributed by atoms with E-state index < -0.39 is 11.9 Å². The number of rotatable bonds is 3. The van der Waals surface area contributed by atoms with Gasteiger partial charge in [0.25, 0.3) is 0 Å². The topological polar surface area (TPSA) is 117 Å². The number of methoxy groups -OCH3 is 1. The first-order valence-electron chi connectivity index (χ1n) is 7.10. The molecule has 7 nitrogen and oxygen atoms in total. The maximum Gasteiger partial charge on any atom is 0.328 e. The normalized spacial score (nSPS) is 13.3. The van der Waals surface area contributed by atoms with E-state index in [-0.39, 0.29) is 0 Å². The molecule has 1 aliphatic rings. The molecule has 122 valence electrons. The number of H-pyrrole nitrogens is 1. The zero-order valence-electron chi connectivity index (χ0n) is 12.8. The molecule has 7 heteroatoms. The monoisotopic (exact) mass is 317 g/mol. The third-order valence-electron chi connectivity index (χ3n) is 3.46. The number of carbonyl (C=O) groups is 2. The van der Waals surface area contributed by atoms with Crippen molar-refractivity contribution in [2.24, 2.45) is 5.73 Å². The Balaban J connectivity index is 0.000000207. The van der Waals surface area contributed by atoms with E-state index in [1.54, 1.807) is 7.11 Å². The number of aliphatic carboxylic acids is 1. The van der Waals surface area contributed by atoms with Gasteiger partial charge in [0, 0.05) is 29.8 Å². The molecule has 23 heavy (non-hydrogen) atoms. The van der Waals surface area contributed by atoms with Gasteiger partial charge in [0.05, 0.1) is 12.6 Å². The largest absolute Gasteiger partial charge is 0.495 e. The molecule has 0 bridgehead atoms. The number of amides is 1. The SMILES string of the molecule is COc1cccc2c3c([nH]c12)CNCC3.NC(=O)/C=C\C(=O)O. The van der Waals surface area contributed by atoms with Crippen molar-refractivity contribution in [1.29, 1.82) is 0 Å². The number of hydrogen-bond acceptors (Lipinski definition) is 4. The summed E-state index contributed by atoms with van der Waals surface area (Å²) in [4.78, 5) is 22.8. The van der Waals surface area contributed by atoms with Crippen LogP contribution in [0, 0.1) is 0 Å². The van der Waals surface area contributed by atoms with Crippen molar-refractivity contribution in [3.05, 3.63) is 41.6 Å². The Morgan fingerprint density at radius 1 is 1.35 bits per heavy atom. The number of carboxylic acids is 1. The van der Waals surface area contributed by atoms with Gasteiger partial charge in [0.15, 0.2) is 0 Å². The highest BCUT2D eigenvalue weighted by Gasteiger charge is 2.16. The number of fused-ring (bicyclic) bond motifs is 3. The van der Waals surface area contributed by atoms with Gasteiger partial charge in [0.1, 0.15) is 5.75 Å². The molecule has 3 rings (SSSR count). The maximum absolute atomic E-state index is 9.78. The second kappa shape index (κ2) is 7.46. The maximum atomic E-state index is 9.78. The Bertz CT molecular complexity index is 733. The van der Waals surface area contributed by atoms with E-state index in [4.69, 9.17) is 9.84 Å². The standard InChI is InChI=1S/C12H14N2O.C4H5NO3/c1-15-11-4-2-3-9-8-5-6-13-7-10(8)14-12(9)11;5-3(6)1-2-4(7)8/h2-4,13-14H,5-7H2,1H3;1-2H,(H2,5,6)(H,7,8)/b;2-1-. The molecule has 5 N–H and O–H groups in total. The predicted octanol–water partition coefficient (Wildman–Crippen LogP) is 0.935. The van der Waals surface area contributed by atoms with Crippen molar-refractivity contribution < 1.29 is 19.4 Å². The molecule has 0 spiro atoms. The molecular formula is C16H19N3O4. The van der Waals surface area contributed by atoms with Gasteiger partial charge in [-0.3, -0.25) is 4.79 Å². The van der Waals surface area contributed by atoms with Gasteiger partial charge < -0.3 is 25.9 Å². The Kier molecular flexibility index (Phi) is 5.37. The summed E-state index contributed by atoms with van der Waals surface area (Å²) in [6.45, 7) is 2.00. The van der Waals surface area contributed by atoms with Crippen molar-refractivity contribution in [2.45, 2.75) is 13.0 Å². The molecular weight excluding hydrogens is 298 g/mol. The summed E-state index contributed by atoms with van der Waals surface area (Å²) in [6.07, 6.45) is 2.56. The van der Waals surface area contributed by atoms with Gasteiger partial charge in [0.2, 0.25) is 5.91 Å². The summed E-state index contributed by atoms with van der Waals surface area (Å²) in [7, 11) is 1.72. The van der Waals surface area contributed by atoms with Gasteiger partial charge in [-0.1, -0.05) is 12.1 Å². The van der Waals surface area contributed by atoms with E-state index >= 15 is 0 Å². The summed E-state index contributed by atoms with van der Waals surface area (Å²) in [5.74, 6) is -1.00. The lowest BCUT2D eigenvalue weighted by Crippen LogP contribution is -2.22. The van der Waals surface area contributed by atoms with Crippen LogP contribution in [0.2, 0.25) is 0 Å². The first-order valence-corrected chi connectivity index (χ1v) is 7.10. The summed E-state index contributed by atoms with van der Waals surface area (Å²) < 4.78 is 5.35. The van der Waals surface area contributed by atoms with Crippen LogP contribution < -0.4 is 15.8 Å². The Morgan fingerprint density at radius 3 is 2.74 bits per heavy atom. The molecule has 1 amide bonds. The quantitative estimate of drug-likeness (QED) is 0.628. The highest BCUT2D eigenvalue weighted by molar-refractivity contribution is 5.92. The lowest BCUT2D eigenvalue weighted by molar-refractivity contribution is -0.131. The number of carboxylic acid groups (broad SMARTS) is 1. The van der Waals surface area contributed by atoms with Crippen molar-refractivity contribution in [2.75, 3.05) is 13.7 Å². The number of primary amides is 1. The number of aromatic nitrogens is 1. The average molecular weight is 317 g/mol. The zero-order chi connectivity index (χ0) is 16.8. The molecule has 0 atom stereocenters. The van der Waals surface area contributed by atoms with Gasteiger partial charge >= 0.3 is 5.97 Å². The number of para-hydroxylation sites is 1. The Hall–Kier alpha value is -2.80. The number of carbonyl (C=O) groups excluding carboxylic acids is 1. The molecule has 0 fully saturated rings. The Morgan fingerprint density at radius 2 is 2.13 bits per heavy atom. The van der Waals surface area contributed by atoms with Gasteiger partial charge in [-0.15, -0.1) is 0 Å². The smallest absolute Gasteiger partial charge is 0.328 e. The van der Waals surface area contributed by atoms with E-state index in [9.17, 15) is 9.59 Å². The van der Waals surface area contributed by atoms with Crippen LogP contribution in [-0.2, 0) is 22.6 Å². The lowest BCUT2D eigenvalue weighted by atomic mass is 10.0. The van der Waals surface area contributed by atoms with E-state index in [2.05, 4.69) is 28.2 Å². The first kappa shape index (κ1) is 16.6. The molecule has 1 aliphatic heterocycles. The molecule has 0 aliphatic carbocycles. The second-order valence-electron chi connectivity index (χ2n) is 4.97. The van der Waals surface area contributed by atoms with Crippen LogP contribution in [0.1, 0.15) is 11.3 Å².